The monoisotopic (exact) mass is 876 g/mol. The third kappa shape index (κ3) is 7.12. The first-order valence-corrected chi connectivity index (χ1v) is 16.7. The van der Waals surface area contributed by atoms with Gasteiger partial charge in [0.1, 0.15) is 22.7 Å². The molecular weight excluding hydrogens is 858 g/mol. The second-order valence-electron chi connectivity index (χ2n) is 9.45. The van der Waals surface area contributed by atoms with Crippen molar-refractivity contribution < 1.29 is 37.0 Å². The maximum absolute atomic E-state index is 14.8. The molecule has 0 amide bonds. The number of methoxy groups -OCH3 is 1. The number of halogens is 6. The molecular formula is C31H18F4I2N2O4S2. The van der Waals surface area contributed by atoms with Crippen LogP contribution in [0, 0.1) is 30.4 Å². The molecule has 1 N–H and O–H groups in total. The van der Waals surface area contributed by atoms with E-state index in [2.05, 4.69) is 9.97 Å². The summed E-state index contributed by atoms with van der Waals surface area (Å²) in [7, 11) is 1.23. The van der Waals surface area contributed by atoms with Crippen LogP contribution in [0.2, 0.25) is 0 Å². The summed E-state index contributed by atoms with van der Waals surface area (Å²) in [5, 5.41) is 9.30. The molecule has 0 aliphatic carbocycles. The topological polar surface area (TPSA) is 89.4 Å². The van der Waals surface area contributed by atoms with Crippen LogP contribution in [-0.4, -0.2) is 34.1 Å². The lowest BCUT2D eigenvalue weighted by atomic mass is 9.98. The fourth-order valence-electron chi connectivity index (χ4n) is 4.54. The minimum atomic E-state index is -1.24. The van der Waals surface area contributed by atoms with Gasteiger partial charge in [0.25, 0.3) is 0 Å². The predicted molar refractivity (Wildman–Crippen MR) is 181 cm³/mol. The maximum Gasteiger partial charge on any atom is 0.338 e. The highest BCUT2D eigenvalue weighted by Crippen LogP contribution is 2.31. The molecule has 0 saturated heterocycles. The number of aromatic nitrogens is 2. The van der Waals surface area contributed by atoms with Gasteiger partial charge in [-0.05, 0) is 92.7 Å². The number of rotatable bonds is 6. The van der Waals surface area contributed by atoms with Gasteiger partial charge in [-0.2, -0.15) is 0 Å². The standard InChI is InChI=1S/C16H10F2INO2S.C15H8F2INO2S/c1-22-16(21)11-6-13-15(20-7-23-13)14(18)10(11)4-8-2-3-9(19)5-12(8)17;16-11-4-8(18)2-1-7(11)3-9-10(15(20)21)5-12-14(13(9)17)19-6-22-12/h2-3,5-7H,4H2,1H3;1-2,4-6H,3H2,(H,20,21). The number of hydrogen-bond donors (Lipinski definition) is 1. The third-order valence-electron chi connectivity index (χ3n) is 6.74. The Hall–Kier alpha value is -3.22. The Balaban J connectivity index is 0.000000178. The SMILES string of the molecule is COC(=O)c1cc2scnc2c(F)c1Cc1ccc(I)cc1F.O=C(O)c1cc2scnc2c(F)c1Cc1ccc(I)cc1F. The Morgan fingerprint density at radius 1 is 0.756 bits per heavy atom. The van der Waals surface area contributed by atoms with E-state index in [-0.39, 0.29) is 51.7 Å². The van der Waals surface area contributed by atoms with E-state index in [0.717, 1.165) is 14.9 Å². The number of aromatic carboxylic acids is 1. The van der Waals surface area contributed by atoms with Crippen LogP contribution in [0.5, 0.6) is 0 Å². The predicted octanol–water partition coefficient (Wildman–Crippen LogP) is 9.02. The molecule has 2 heterocycles. The van der Waals surface area contributed by atoms with E-state index < -0.39 is 35.2 Å². The van der Waals surface area contributed by atoms with Crippen LogP contribution in [0.1, 0.15) is 43.0 Å². The van der Waals surface area contributed by atoms with Gasteiger partial charge in [-0.25, -0.2) is 37.1 Å². The van der Waals surface area contributed by atoms with Crippen LogP contribution in [0.25, 0.3) is 20.4 Å². The number of carboxylic acids is 1. The molecule has 0 aliphatic rings. The van der Waals surface area contributed by atoms with Gasteiger partial charge in [0.15, 0.2) is 11.6 Å². The van der Waals surface area contributed by atoms with Crippen molar-refractivity contribution in [3.63, 3.8) is 0 Å². The number of carboxylic acid groups (broad SMARTS) is 1. The average molecular weight is 876 g/mol. The molecule has 45 heavy (non-hydrogen) atoms. The van der Waals surface area contributed by atoms with Gasteiger partial charge in [-0.15, -0.1) is 22.7 Å². The molecule has 0 fully saturated rings. The number of hydrogen-bond acceptors (Lipinski definition) is 7. The van der Waals surface area contributed by atoms with Crippen molar-refractivity contribution in [1.82, 2.24) is 9.97 Å². The number of fused-ring (bicyclic) bond motifs is 2. The summed E-state index contributed by atoms with van der Waals surface area (Å²) in [6.45, 7) is 0. The summed E-state index contributed by atoms with van der Waals surface area (Å²) in [6, 6.07) is 12.2. The normalized spacial score (nSPS) is 11.0. The van der Waals surface area contributed by atoms with E-state index >= 15 is 0 Å². The molecule has 0 saturated carbocycles. The summed E-state index contributed by atoms with van der Waals surface area (Å²) in [4.78, 5) is 31.3. The first-order valence-electron chi connectivity index (χ1n) is 12.8. The second kappa shape index (κ2) is 14.0. The smallest absolute Gasteiger partial charge is 0.338 e. The van der Waals surface area contributed by atoms with Crippen molar-refractivity contribution in [2.24, 2.45) is 0 Å². The first-order chi connectivity index (χ1) is 21.5. The van der Waals surface area contributed by atoms with Crippen molar-refractivity contribution in [3.8, 4) is 0 Å². The summed E-state index contributed by atoms with van der Waals surface area (Å²) in [6.07, 6.45) is -0.184. The Morgan fingerprint density at radius 2 is 1.20 bits per heavy atom. The lowest BCUT2D eigenvalue weighted by Gasteiger charge is -2.11. The van der Waals surface area contributed by atoms with Crippen LogP contribution >= 0.6 is 67.9 Å². The highest BCUT2D eigenvalue weighted by molar-refractivity contribution is 14.1. The molecule has 0 unspecified atom stereocenters. The van der Waals surface area contributed by atoms with Gasteiger partial charge in [-0.3, -0.25) is 0 Å². The molecule has 2 aromatic heterocycles. The largest absolute Gasteiger partial charge is 0.478 e. The lowest BCUT2D eigenvalue weighted by molar-refractivity contribution is 0.0598. The molecule has 6 nitrogen and oxygen atoms in total. The van der Waals surface area contributed by atoms with Gasteiger partial charge >= 0.3 is 11.9 Å². The number of esters is 1. The number of carbonyl (C=O) groups excluding carboxylic acids is 1. The Labute approximate surface area is 288 Å². The fraction of sp³-hybridized carbons (Fsp3) is 0.0968. The van der Waals surface area contributed by atoms with Crippen molar-refractivity contribution in [2.45, 2.75) is 12.8 Å². The maximum atomic E-state index is 14.8. The quantitative estimate of drug-likeness (QED) is 0.102. The van der Waals surface area contributed by atoms with E-state index in [1.54, 1.807) is 24.3 Å². The molecule has 6 rings (SSSR count). The van der Waals surface area contributed by atoms with Crippen LogP contribution in [-0.2, 0) is 17.6 Å². The van der Waals surface area contributed by atoms with E-state index in [9.17, 15) is 32.3 Å². The molecule has 0 radical (unpaired) electrons. The van der Waals surface area contributed by atoms with Gasteiger partial charge in [0.2, 0.25) is 0 Å². The van der Waals surface area contributed by atoms with Gasteiger partial charge in [0.05, 0.1) is 38.7 Å². The molecule has 0 atom stereocenters. The summed E-state index contributed by atoms with van der Waals surface area (Å²) >= 11 is 6.36. The fourth-order valence-corrected chi connectivity index (χ4v) is 6.87. The van der Waals surface area contributed by atoms with E-state index in [4.69, 9.17) is 4.74 Å². The summed E-state index contributed by atoms with van der Waals surface area (Å²) in [5.74, 6) is -4.13. The zero-order chi connectivity index (χ0) is 32.4. The first kappa shape index (κ1) is 33.2. The van der Waals surface area contributed by atoms with Crippen LogP contribution in [0.4, 0.5) is 17.6 Å². The minimum Gasteiger partial charge on any atom is -0.478 e. The van der Waals surface area contributed by atoms with Crippen LogP contribution < -0.4 is 0 Å². The minimum absolute atomic E-state index is 0.0491. The molecule has 4 aromatic carbocycles. The number of carbonyl (C=O) groups is 2. The molecule has 6 aromatic rings. The molecule has 230 valence electrons. The highest BCUT2D eigenvalue weighted by atomic mass is 127. The zero-order valence-electron chi connectivity index (χ0n) is 22.8. The Bertz CT molecular complexity index is 2100. The van der Waals surface area contributed by atoms with Gasteiger partial charge in [0, 0.05) is 31.1 Å². The van der Waals surface area contributed by atoms with Gasteiger partial charge < -0.3 is 9.84 Å². The Kier molecular flexibility index (Phi) is 10.3. The third-order valence-corrected chi connectivity index (χ3v) is 9.63. The molecule has 0 bridgehead atoms. The van der Waals surface area contributed by atoms with Crippen LogP contribution in [0.15, 0.2) is 59.6 Å². The Morgan fingerprint density at radius 3 is 1.62 bits per heavy atom. The summed E-state index contributed by atoms with van der Waals surface area (Å²) < 4.78 is 64.6. The van der Waals surface area contributed by atoms with E-state index in [1.165, 1.54) is 53.7 Å². The van der Waals surface area contributed by atoms with Gasteiger partial charge in [-0.1, -0.05) is 12.1 Å². The number of nitrogens with zero attached hydrogens (tertiary/aromatic N) is 2. The summed E-state index contributed by atoms with van der Waals surface area (Å²) in [5.41, 5.74) is 3.80. The van der Waals surface area contributed by atoms with Crippen LogP contribution in [0.3, 0.4) is 0 Å². The van der Waals surface area contributed by atoms with Crippen molar-refractivity contribution in [3.05, 3.63) is 123 Å². The van der Waals surface area contributed by atoms with Crippen molar-refractivity contribution in [1.29, 1.82) is 0 Å². The van der Waals surface area contributed by atoms with E-state index in [1.807, 2.05) is 45.2 Å². The molecule has 14 heteroatoms. The zero-order valence-corrected chi connectivity index (χ0v) is 28.8. The molecule has 0 aliphatic heterocycles. The number of benzene rings is 4. The van der Waals surface area contributed by atoms with Crippen molar-refractivity contribution in [2.75, 3.05) is 7.11 Å². The lowest BCUT2D eigenvalue weighted by Crippen LogP contribution is -2.09. The van der Waals surface area contributed by atoms with E-state index in [0.29, 0.717) is 18.5 Å². The molecule has 0 spiro atoms. The van der Waals surface area contributed by atoms with Crippen molar-refractivity contribution >= 4 is 100 Å². The number of thiazole rings is 2. The number of ether oxygens (including phenoxy) is 1. The highest BCUT2D eigenvalue weighted by Gasteiger charge is 2.23. The second-order valence-corrected chi connectivity index (χ2v) is 13.7. The average Bonchev–Trinajstić information content (AvgIpc) is 3.68.